The predicted molar refractivity (Wildman–Crippen MR) is 113 cm³/mol. The Morgan fingerprint density at radius 3 is 2.93 bits per heavy atom. The predicted octanol–water partition coefficient (Wildman–Crippen LogP) is 3.62. The Kier molecular flexibility index (Phi) is 5.59. The topological polar surface area (TPSA) is 76.9 Å². The summed E-state index contributed by atoms with van der Waals surface area (Å²) in [5.74, 6) is 0.310. The zero-order chi connectivity index (χ0) is 19.7. The van der Waals surface area contributed by atoms with Gasteiger partial charge in [0.1, 0.15) is 4.83 Å². The maximum Gasteiger partial charge on any atom is 0.262 e. The first-order chi connectivity index (χ1) is 13.5. The second-order valence-corrected chi connectivity index (χ2v) is 9.47. The van der Waals surface area contributed by atoms with Gasteiger partial charge < -0.3 is 5.32 Å². The third-order valence-electron chi connectivity index (χ3n) is 5.05. The summed E-state index contributed by atoms with van der Waals surface area (Å²) in [5.41, 5.74) is 2.05. The van der Waals surface area contributed by atoms with E-state index in [-0.39, 0.29) is 17.9 Å². The van der Waals surface area contributed by atoms with Crippen LogP contribution in [0.1, 0.15) is 60.2 Å². The number of rotatable bonds is 6. The van der Waals surface area contributed by atoms with E-state index in [4.69, 9.17) is 0 Å². The average molecular weight is 417 g/mol. The van der Waals surface area contributed by atoms with Gasteiger partial charge in [-0.05, 0) is 31.2 Å². The van der Waals surface area contributed by atoms with Gasteiger partial charge in [-0.3, -0.25) is 14.2 Å². The van der Waals surface area contributed by atoms with Gasteiger partial charge in [-0.1, -0.05) is 13.8 Å². The molecule has 0 radical (unpaired) electrons. The quantitative estimate of drug-likeness (QED) is 0.666. The molecule has 0 spiro atoms. The molecule has 0 aromatic carbocycles. The lowest BCUT2D eigenvalue weighted by Gasteiger charge is -2.10. The maximum atomic E-state index is 12.9. The Hall–Kier alpha value is -2.06. The molecule has 1 N–H and O–H groups in total. The van der Waals surface area contributed by atoms with E-state index < -0.39 is 0 Å². The number of nitrogens with one attached hydrogen (secondary N) is 1. The van der Waals surface area contributed by atoms with E-state index in [1.165, 1.54) is 16.9 Å². The highest BCUT2D eigenvalue weighted by Crippen LogP contribution is 2.33. The molecule has 1 amide bonds. The Bertz CT molecular complexity index is 1060. The van der Waals surface area contributed by atoms with Crippen LogP contribution in [0.4, 0.5) is 0 Å². The molecule has 1 aliphatic rings. The number of hydrogen-bond acceptors (Lipinski definition) is 6. The minimum atomic E-state index is -0.0848. The molecule has 8 heteroatoms. The smallest absolute Gasteiger partial charge is 0.262 e. The number of thiophene rings is 1. The summed E-state index contributed by atoms with van der Waals surface area (Å²) in [5, 5.41) is 6.73. The third kappa shape index (κ3) is 3.89. The summed E-state index contributed by atoms with van der Waals surface area (Å²) in [4.78, 5) is 36.3. The van der Waals surface area contributed by atoms with Crippen LogP contribution in [0.3, 0.4) is 0 Å². The molecule has 6 nitrogen and oxygen atoms in total. The number of fused-ring (bicyclic) bond motifs is 3. The molecule has 1 aliphatic carbocycles. The molecule has 4 rings (SSSR count). The summed E-state index contributed by atoms with van der Waals surface area (Å²) < 4.78 is 1.57. The minimum absolute atomic E-state index is 0.0155. The monoisotopic (exact) mass is 416 g/mol. The molecule has 0 aliphatic heterocycles. The van der Waals surface area contributed by atoms with Gasteiger partial charge in [-0.25, -0.2) is 9.97 Å². The number of carbonyl (C=O) groups excluding carboxylic acids is 1. The molecule has 3 aromatic rings. The van der Waals surface area contributed by atoms with Crippen LogP contribution < -0.4 is 10.9 Å². The van der Waals surface area contributed by atoms with Gasteiger partial charge in [0.25, 0.3) is 5.56 Å². The normalized spacial score (nSPS) is 13.8. The van der Waals surface area contributed by atoms with Crippen LogP contribution in [-0.4, -0.2) is 20.4 Å². The van der Waals surface area contributed by atoms with Gasteiger partial charge in [0.2, 0.25) is 5.91 Å². The van der Waals surface area contributed by atoms with Gasteiger partial charge in [0, 0.05) is 29.1 Å². The zero-order valence-electron chi connectivity index (χ0n) is 16.2. The van der Waals surface area contributed by atoms with Gasteiger partial charge in [-0.2, -0.15) is 0 Å². The first-order valence-corrected chi connectivity index (χ1v) is 11.4. The van der Waals surface area contributed by atoms with Crippen molar-refractivity contribution in [1.29, 1.82) is 0 Å². The minimum Gasteiger partial charge on any atom is -0.350 e. The van der Waals surface area contributed by atoms with Gasteiger partial charge >= 0.3 is 0 Å². The lowest BCUT2D eigenvalue weighted by molar-refractivity contribution is -0.121. The summed E-state index contributed by atoms with van der Waals surface area (Å²) in [6.07, 6.45) is 6.16. The molecule has 3 heterocycles. The molecular formula is C20H24N4O2S2. The second kappa shape index (κ2) is 8.13. The van der Waals surface area contributed by atoms with E-state index in [0.717, 1.165) is 40.2 Å². The number of nitrogens with zero attached hydrogens (tertiary/aromatic N) is 3. The average Bonchev–Trinajstić information content (AvgIpc) is 3.30. The highest BCUT2D eigenvalue weighted by atomic mass is 32.1. The van der Waals surface area contributed by atoms with Crippen molar-refractivity contribution in [3.63, 3.8) is 0 Å². The van der Waals surface area contributed by atoms with Gasteiger partial charge in [0.15, 0.2) is 0 Å². The van der Waals surface area contributed by atoms with E-state index in [1.807, 2.05) is 5.38 Å². The Balaban J connectivity index is 1.40. The molecule has 0 bridgehead atoms. The molecule has 28 heavy (non-hydrogen) atoms. The van der Waals surface area contributed by atoms with Crippen molar-refractivity contribution < 1.29 is 4.79 Å². The fraction of sp³-hybridized carbons (Fsp3) is 0.500. The Labute approximate surface area is 171 Å². The van der Waals surface area contributed by atoms with E-state index in [9.17, 15) is 9.59 Å². The number of aryl methyl sites for hydroxylation is 3. The Morgan fingerprint density at radius 1 is 1.32 bits per heavy atom. The number of aromatic nitrogens is 3. The lowest BCUT2D eigenvalue weighted by Crippen LogP contribution is -2.27. The fourth-order valence-corrected chi connectivity index (χ4v) is 5.56. The van der Waals surface area contributed by atoms with Crippen LogP contribution in [0.25, 0.3) is 10.2 Å². The molecule has 0 saturated heterocycles. The van der Waals surface area contributed by atoms with E-state index in [1.54, 1.807) is 33.6 Å². The van der Waals surface area contributed by atoms with Crippen LogP contribution in [0.15, 0.2) is 16.5 Å². The number of thiazole rings is 1. The molecule has 0 saturated carbocycles. The number of hydrogen-bond donors (Lipinski definition) is 1. The molecule has 0 atom stereocenters. The maximum absolute atomic E-state index is 12.9. The van der Waals surface area contributed by atoms with Gasteiger partial charge in [-0.15, -0.1) is 22.7 Å². The van der Waals surface area contributed by atoms with Crippen molar-refractivity contribution in [1.82, 2.24) is 19.9 Å². The lowest BCUT2D eigenvalue weighted by atomic mass is 9.97. The first-order valence-electron chi connectivity index (χ1n) is 9.73. The van der Waals surface area contributed by atoms with Crippen molar-refractivity contribution in [3.8, 4) is 0 Å². The molecule has 0 unspecified atom stereocenters. The number of carbonyl (C=O) groups is 1. The summed E-state index contributed by atoms with van der Waals surface area (Å²) in [6.45, 7) is 4.97. The first kappa shape index (κ1) is 19.3. The van der Waals surface area contributed by atoms with E-state index in [2.05, 4.69) is 29.1 Å². The van der Waals surface area contributed by atoms with Crippen LogP contribution >= 0.6 is 22.7 Å². The molecule has 148 valence electrons. The number of amides is 1. The molecule has 3 aromatic heterocycles. The summed E-state index contributed by atoms with van der Waals surface area (Å²) in [6, 6.07) is 0. The summed E-state index contributed by atoms with van der Waals surface area (Å²) in [7, 11) is 0. The van der Waals surface area contributed by atoms with Crippen molar-refractivity contribution in [2.24, 2.45) is 0 Å². The third-order valence-corrected chi connectivity index (χ3v) is 7.45. The standard InChI is InChI=1S/C20H24N4O2S2/c1-12(2)18-23-13(10-27-18)9-21-16(25)7-8-24-11-22-19-17(20(24)26)14-5-3-4-6-15(14)28-19/h10-12H,3-9H2,1-2H3,(H,21,25). The Morgan fingerprint density at radius 2 is 2.14 bits per heavy atom. The van der Waals surface area contributed by atoms with E-state index in [0.29, 0.717) is 19.0 Å². The second-order valence-electron chi connectivity index (χ2n) is 7.49. The largest absolute Gasteiger partial charge is 0.350 e. The van der Waals surface area contributed by atoms with Crippen molar-refractivity contribution in [2.45, 2.75) is 65.0 Å². The SMILES string of the molecule is CC(C)c1nc(CNC(=O)CCn2cnc3sc4c(c3c2=O)CCCC4)cs1. The van der Waals surface area contributed by atoms with Crippen LogP contribution in [0, 0.1) is 0 Å². The zero-order valence-corrected chi connectivity index (χ0v) is 17.8. The van der Waals surface area contributed by atoms with Crippen LogP contribution in [0.2, 0.25) is 0 Å². The van der Waals surface area contributed by atoms with Crippen LogP contribution in [-0.2, 0) is 30.7 Å². The highest BCUT2D eigenvalue weighted by Gasteiger charge is 2.20. The van der Waals surface area contributed by atoms with E-state index >= 15 is 0 Å². The van der Waals surface area contributed by atoms with Crippen molar-refractivity contribution in [2.75, 3.05) is 0 Å². The summed E-state index contributed by atoms with van der Waals surface area (Å²) >= 11 is 3.27. The van der Waals surface area contributed by atoms with Gasteiger partial charge in [0.05, 0.1) is 29.0 Å². The highest BCUT2D eigenvalue weighted by molar-refractivity contribution is 7.18. The van der Waals surface area contributed by atoms with Crippen LogP contribution in [0.5, 0.6) is 0 Å². The fourth-order valence-electron chi connectivity index (χ4n) is 3.51. The van der Waals surface area contributed by atoms with Crippen molar-refractivity contribution in [3.05, 3.63) is 43.2 Å². The van der Waals surface area contributed by atoms with Crippen molar-refractivity contribution >= 4 is 38.8 Å². The molecule has 0 fully saturated rings. The molecular weight excluding hydrogens is 392 g/mol.